The van der Waals surface area contributed by atoms with Gasteiger partial charge in [0, 0.05) is 32.2 Å². The van der Waals surface area contributed by atoms with Crippen LogP contribution in [0.4, 0.5) is 17.5 Å². The van der Waals surface area contributed by atoms with E-state index in [4.69, 9.17) is 4.98 Å². The Morgan fingerprint density at radius 3 is 2.50 bits per heavy atom. The number of rotatable bonds is 7. The Morgan fingerprint density at radius 1 is 1.21 bits per heavy atom. The van der Waals surface area contributed by atoms with Crippen LogP contribution in [0.15, 0.2) is 6.20 Å². The summed E-state index contributed by atoms with van der Waals surface area (Å²) in [6.07, 6.45) is 9.16. The van der Waals surface area contributed by atoms with Gasteiger partial charge in [0.2, 0.25) is 17.8 Å². The van der Waals surface area contributed by atoms with Gasteiger partial charge in [-0.15, -0.1) is 0 Å². The number of hydrogen-bond acceptors (Lipinski definition) is 7. The van der Waals surface area contributed by atoms with Crippen molar-refractivity contribution in [1.29, 1.82) is 0 Å². The molecule has 1 aliphatic carbocycles. The van der Waals surface area contributed by atoms with Gasteiger partial charge in [0.25, 0.3) is 0 Å². The van der Waals surface area contributed by atoms with Crippen LogP contribution < -0.4 is 15.1 Å². The van der Waals surface area contributed by atoms with Gasteiger partial charge in [-0.2, -0.15) is 4.98 Å². The van der Waals surface area contributed by atoms with Crippen LogP contribution in [0.2, 0.25) is 0 Å². The number of hydrogen-bond donors (Lipinski definition) is 1. The number of likely N-dealkylation sites (tertiary alicyclic amines) is 1. The predicted octanol–water partition coefficient (Wildman–Crippen LogP) is 2.58. The molecule has 0 bridgehead atoms. The molecule has 1 unspecified atom stereocenters. The summed E-state index contributed by atoms with van der Waals surface area (Å²) in [7, 11) is 5.69. The van der Waals surface area contributed by atoms with E-state index < -0.39 is 0 Å². The lowest BCUT2D eigenvalue weighted by atomic mass is 9.90. The van der Waals surface area contributed by atoms with Crippen molar-refractivity contribution in [3.05, 3.63) is 6.20 Å². The van der Waals surface area contributed by atoms with Crippen LogP contribution in [0.5, 0.6) is 0 Å². The average molecular weight is 472 g/mol. The zero-order valence-corrected chi connectivity index (χ0v) is 21.5. The van der Waals surface area contributed by atoms with Gasteiger partial charge >= 0.3 is 0 Å². The second kappa shape index (κ2) is 10.5. The van der Waals surface area contributed by atoms with E-state index in [-0.39, 0.29) is 23.9 Å². The number of anilines is 3. The second-order valence-electron chi connectivity index (χ2n) is 10.5. The van der Waals surface area contributed by atoms with E-state index in [1.165, 1.54) is 12.8 Å². The summed E-state index contributed by atoms with van der Waals surface area (Å²) in [6.45, 7) is 6.34. The summed E-state index contributed by atoms with van der Waals surface area (Å²) in [6, 6.07) is 0.407. The lowest BCUT2D eigenvalue weighted by Crippen LogP contribution is -2.55. The third-order valence-electron chi connectivity index (χ3n) is 7.82. The number of aromatic nitrogens is 2. The van der Waals surface area contributed by atoms with Gasteiger partial charge in [0.15, 0.2) is 5.82 Å². The van der Waals surface area contributed by atoms with E-state index in [1.807, 2.05) is 30.9 Å². The lowest BCUT2D eigenvalue weighted by molar-refractivity contribution is -0.133. The Hall–Kier alpha value is -2.42. The number of amides is 2. The molecule has 9 heteroatoms. The second-order valence-corrected chi connectivity index (χ2v) is 10.5. The average Bonchev–Trinajstić information content (AvgIpc) is 3.35. The largest absolute Gasteiger partial charge is 0.351 e. The van der Waals surface area contributed by atoms with Crippen LogP contribution >= 0.6 is 0 Å². The molecule has 0 aromatic carbocycles. The highest BCUT2D eigenvalue weighted by Gasteiger charge is 2.41. The maximum Gasteiger partial charge on any atom is 0.249 e. The molecule has 1 aromatic heterocycles. The first-order chi connectivity index (χ1) is 16.3. The molecule has 1 saturated carbocycles. The SMILES string of the molecule is CC[C@@H]1C(=O)N(C)c2cnc(NC(C)C3CCN(C(=O)CN(C)C)CC3)nc2N1C1CCCC1. The van der Waals surface area contributed by atoms with Crippen molar-refractivity contribution < 1.29 is 9.59 Å². The molecule has 2 amide bonds. The van der Waals surface area contributed by atoms with Gasteiger partial charge in [-0.05, 0) is 59.0 Å². The van der Waals surface area contributed by atoms with Crippen LogP contribution in [0.1, 0.15) is 58.8 Å². The zero-order chi connectivity index (χ0) is 24.4. The molecular formula is C25H41N7O2. The van der Waals surface area contributed by atoms with Gasteiger partial charge in [0.1, 0.15) is 11.7 Å². The summed E-state index contributed by atoms with van der Waals surface area (Å²) in [5, 5.41) is 3.54. The summed E-state index contributed by atoms with van der Waals surface area (Å²) in [5.41, 5.74) is 0.799. The first kappa shape index (κ1) is 24.7. The predicted molar refractivity (Wildman–Crippen MR) is 135 cm³/mol. The normalized spacial score (nSPS) is 22.9. The lowest BCUT2D eigenvalue weighted by Gasteiger charge is -2.43. The molecule has 0 spiro atoms. The number of likely N-dealkylation sites (N-methyl/N-ethyl adjacent to an activating group) is 2. The monoisotopic (exact) mass is 471 g/mol. The van der Waals surface area contributed by atoms with Gasteiger partial charge in [0.05, 0.1) is 12.7 Å². The molecule has 3 heterocycles. The summed E-state index contributed by atoms with van der Waals surface area (Å²) in [4.78, 5) is 42.9. The van der Waals surface area contributed by atoms with E-state index in [0.29, 0.717) is 24.5 Å². The maximum absolute atomic E-state index is 13.1. The molecule has 2 aliphatic heterocycles. The highest BCUT2D eigenvalue weighted by molar-refractivity contribution is 6.04. The Labute approximate surface area is 203 Å². The molecule has 1 aromatic rings. The van der Waals surface area contributed by atoms with E-state index in [1.54, 1.807) is 11.1 Å². The van der Waals surface area contributed by atoms with Crippen molar-refractivity contribution in [3.63, 3.8) is 0 Å². The first-order valence-corrected chi connectivity index (χ1v) is 12.9. The minimum atomic E-state index is -0.162. The van der Waals surface area contributed by atoms with Crippen LogP contribution in [0.25, 0.3) is 0 Å². The van der Waals surface area contributed by atoms with Gasteiger partial charge < -0.3 is 24.9 Å². The Morgan fingerprint density at radius 2 is 1.88 bits per heavy atom. The van der Waals surface area contributed by atoms with Gasteiger partial charge in [-0.25, -0.2) is 4.98 Å². The van der Waals surface area contributed by atoms with Crippen molar-refractivity contribution >= 4 is 29.3 Å². The zero-order valence-electron chi connectivity index (χ0n) is 21.5. The highest BCUT2D eigenvalue weighted by atomic mass is 16.2. The number of nitrogens with zero attached hydrogens (tertiary/aromatic N) is 6. The molecule has 0 radical (unpaired) electrons. The smallest absolute Gasteiger partial charge is 0.249 e. The fraction of sp³-hybridized carbons (Fsp3) is 0.760. The maximum atomic E-state index is 13.1. The molecule has 34 heavy (non-hydrogen) atoms. The van der Waals surface area contributed by atoms with E-state index in [0.717, 1.165) is 56.7 Å². The van der Waals surface area contributed by atoms with E-state index >= 15 is 0 Å². The number of carbonyl (C=O) groups is 2. The number of carbonyl (C=O) groups excluding carboxylic acids is 2. The Balaban J connectivity index is 1.46. The molecule has 2 fully saturated rings. The quantitative estimate of drug-likeness (QED) is 0.654. The Kier molecular flexibility index (Phi) is 7.60. The molecule has 188 valence electrons. The van der Waals surface area contributed by atoms with Crippen LogP contribution in [0, 0.1) is 5.92 Å². The van der Waals surface area contributed by atoms with Crippen molar-refractivity contribution in [2.75, 3.05) is 55.9 Å². The number of piperidine rings is 1. The van der Waals surface area contributed by atoms with Crippen molar-refractivity contribution in [1.82, 2.24) is 19.8 Å². The summed E-state index contributed by atoms with van der Waals surface area (Å²) < 4.78 is 0. The Bertz CT molecular complexity index is 878. The summed E-state index contributed by atoms with van der Waals surface area (Å²) >= 11 is 0. The van der Waals surface area contributed by atoms with Crippen molar-refractivity contribution in [3.8, 4) is 0 Å². The van der Waals surface area contributed by atoms with E-state index in [2.05, 4.69) is 29.0 Å². The molecule has 1 N–H and O–H groups in total. The van der Waals surface area contributed by atoms with Gasteiger partial charge in [-0.1, -0.05) is 19.8 Å². The van der Waals surface area contributed by atoms with Crippen LogP contribution in [-0.4, -0.2) is 90.5 Å². The molecule has 9 nitrogen and oxygen atoms in total. The fourth-order valence-corrected chi connectivity index (χ4v) is 5.79. The third-order valence-corrected chi connectivity index (χ3v) is 7.82. The molecule has 2 atom stereocenters. The van der Waals surface area contributed by atoms with Crippen molar-refractivity contribution in [2.24, 2.45) is 5.92 Å². The molecular weight excluding hydrogens is 430 g/mol. The van der Waals surface area contributed by atoms with Crippen molar-refractivity contribution in [2.45, 2.75) is 76.9 Å². The fourth-order valence-electron chi connectivity index (χ4n) is 5.79. The molecule has 4 rings (SSSR count). The minimum Gasteiger partial charge on any atom is -0.351 e. The minimum absolute atomic E-state index is 0.134. The third kappa shape index (κ3) is 4.99. The van der Waals surface area contributed by atoms with Gasteiger partial charge in [-0.3, -0.25) is 9.59 Å². The van der Waals surface area contributed by atoms with Crippen LogP contribution in [-0.2, 0) is 9.59 Å². The topological polar surface area (TPSA) is 84.9 Å². The highest BCUT2D eigenvalue weighted by Crippen LogP contribution is 2.40. The first-order valence-electron chi connectivity index (χ1n) is 12.9. The van der Waals surface area contributed by atoms with Crippen LogP contribution in [0.3, 0.4) is 0 Å². The summed E-state index contributed by atoms with van der Waals surface area (Å²) in [5.74, 6) is 2.31. The molecule has 1 saturated heterocycles. The van der Waals surface area contributed by atoms with E-state index in [9.17, 15) is 9.59 Å². The number of fused-ring (bicyclic) bond motifs is 1. The number of nitrogens with one attached hydrogen (secondary N) is 1. The standard InChI is InChI=1S/C25H41N7O2/c1-6-20-24(34)30(5)21-15-26-25(28-23(21)32(20)19-9-7-8-10-19)27-17(2)18-11-13-31(14-12-18)22(33)16-29(3)4/h15,17-20H,6-14,16H2,1-5H3,(H,26,27,28)/t17?,20-/m1/s1. The molecule has 3 aliphatic rings.